The van der Waals surface area contributed by atoms with E-state index in [2.05, 4.69) is 0 Å². The third kappa shape index (κ3) is 4.24. The molecule has 2 aromatic carbocycles. The minimum atomic E-state index is -4.88. The number of alkyl halides is 3. The maximum absolute atomic E-state index is 13.1. The largest absolute Gasteiger partial charge is 0.412 e. The molecule has 2 rings (SSSR count). The molecule has 0 aromatic heterocycles. The van der Waals surface area contributed by atoms with Crippen molar-refractivity contribution in [3.63, 3.8) is 0 Å². The summed E-state index contributed by atoms with van der Waals surface area (Å²) < 4.78 is 78.2. The molecular formula is C15H9F6NO. The van der Waals surface area contributed by atoms with Gasteiger partial charge in [-0.05, 0) is 29.8 Å². The lowest BCUT2D eigenvalue weighted by Gasteiger charge is -2.22. The molecule has 1 amide bonds. The van der Waals surface area contributed by atoms with Crippen molar-refractivity contribution < 1.29 is 31.1 Å². The van der Waals surface area contributed by atoms with E-state index in [9.17, 15) is 31.1 Å². The number of hydrogen-bond donors (Lipinski definition) is 1. The Morgan fingerprint density at radius 3 is 1.87 bits per heavy atom. The SMILES string of the molecule is O=C(NC(c1ccc(F)cc1)C(F)(F)F)c1cc(F)cc(F)c1. The van der Waals surface area contributed by atoms with E-state index in [0.29, 0.717) is 18.2 Å². The topological polar surface area (TPSA) is 29.1 Å². The van der Waals surface area contributed by atoms with E-state index in [1.807, 2.05) is 0 Å². The third-order valence-corrected chi connectivity index (χ3v) is 2.93. The summed E-state index contributed by atoms with van der Waals surface area (Å²) in [6, 6.07) is 2.59. The van der Waals surface area contributed by atoms with E-state index in [1.54, 1.807) is 5.32 Å². The van der Waals surface area contributed by atoms with Gasteiger partial charge in [-0.2, -0.15) is 13.2 Å². The summed E-state index contributed by atoms with van der Waals surface area (Å²) in [7, 11) is 0. The van der Waals surface area contributed by atoms with Crippen LogP contribution in [0.25, 0.3) is 0 Å². The van der Waals surface area contributed by atoms with Crippen LogP contribution in [0, 0.1) is 17.5 Å². The van der Waals surface area contributed by atoms with Crippen LogP contribution in [0.15, 0.2) is 42.5 Å². The monoisotopic (exact) mass is 333 g/mol. The van der Waals surface area contributed by atoms with Crippen LogP contribution in [-0.2, 0) is 0 Å². The third-order valence-electron chi connectivity index (χ3n) is 2.93. The van der Waals surface area contributed by atoms with Crippen molar-refractivity contribution in [2.75, 3.05) is 0 Å². The van der Waals surface area contributed by atoms with Crippen LogP contribution in [0.1, 0.15) is 22.0 Å². The highest BCUT2D eigenvalue weighted by Gasteiger charge is 2.42. The predicted molar refractivity (Wildman–Crippen MR) is 69.0 cm³/mol. The molecule has 0 saturated carbocycles. The van der Waals surface area contributed by atoms with Gasteiger partial charge in [0.05, 0.1) is 0 Å². The normalized spacial score (nSPS) is 12.8. The molecule has 1 atom stereocenters. The fourth-order valence-electron chi connectivity index (χ4n) is 1.91. The highest BCUT2D eigenvalue weighted by Crippen LogP contribution is 2.33. The van der Waals surface area contributed by atoms with E-state index < -0.39 is 46.7 Å². The first-order chi connectivity index (χ1) is 10.7. The van der Waals surface area contributed by atoms with Gasteiger partial charge in [-0.1, -0.05) is 12.1 Å². The molecule has 1 unspecified atom stereocenters. The van der Waals surface area contributed by atoms with Gasteiger partial charge >= 0.3 is 6.18 Å². The van der Waals surface area contributed by atoms with Crippen LogP contribution in [-0.4, -0.2) is 12.1 Å². The van der Waals surface area contributed by atoms with Crippen LogP contribution in [0.3, 0.4) is 0 Å². The Balaban J connectivity index is 2.31. The van der Waals surface area contributed by atoms with Gasteiger partial charge in [0.1, 0.15) is 17.5 Å². The maximum atomic E-state index is 13.1. The Kier molecular flexibility index (Phi) is 4.63. The average molecular weight is 333 g/mol. The van der Waals surface area contributed by atoms with Crippen LogP contribution < -0.4 is 5.32 Å². The van der Waals surface area contributed by atoms with Gasteiger partial charge in [-0.15, -0.1) is 0 Å². The van der Waals surface area contributed by atoms with Crippen molar-refractivity contribution in [1.82, 2.24) is 5.32 Å². The zero-order valence-electron chi connectivity index (χ0n) is 11.3. The van der Waals surface area contributed by atoms with Gasteiger partial charge in [0, 0.05) is 11.6 Å². The summed E-state index contributed by atoms with van der Waals surface area (Å²) >= 11 is 0. The van der Waals surface area contributed by atoms with Crippen molar-refractivity contribution in [1.29, 1.82) is 0 Å². The van der Waals surface area contributed by atoms with Crippen LogP contribution in [0.4, 0.5) is 26.3 Å². The smallest absolute Gasteiger partial charge is 0.337 e. The van der Waals surface area contributed by atoms with Gasteiger partial charge in [0.2, 0.25) is 0 Å². The lowest BCUT2D eigenvalue weighted by Crippen LogP contribution is -2.38. The molecule has 0 spiro atoms. The molecular weight excluding hydrogens is 324 g/mol. The number of hydrogen-bond acceptors (Lipinski definition) is 1. The molecule has 23 heavy (non-hydrogen) atoms. The molecule has 0 aliphatic heterocycles. The molecule has 0 saturated heterocycles. The van der Waals surface area contributed by atoms with Gasteiger partial charge in [-0.3, -0.25) is 4.79 Å². The highest BCUT2D eigenvalue weighted by atomic mass is 19.4. The van der Waals surface area contributed by atoms with Gasteiger partial charge < -0.3 is 5.32 Å². The first-order valence-corrected chi connectivity index (χ1v) is 6.26. The Bertz CT molecular complexity index is 691. The van der Waals surface area contributed by atoms with Gasteiger partial charge in [0.15, 0.2) is 6.04 Å². The van der Waals surface area contributed by atoms with E-state index in [-0.39, 0.29) is 0 Å². The van der Waals surface area contributed by atoms with Gasteiger partial charge in [0.25, 0.3) is 5.91 Å². The second-order valence-electron chi connectivity index (χ2n) is 4.66. The Hall–Kier alpha value is -2.51. The van der Waals surface area contributed by atoms with Crippen molar-refractivity contribution in [3.8, 4) is 0 Å². The van der Waals surface area contributed by atoms with Crippen LogP contribution >= 0.6 is 0 Å². The van der Waals surface area contributed by atoms with Crippen molar-refractivity contribution in [2.45, 2.75) is 12.2 Å². The summed E-state index contributed by atoms with van der Waals surface area (Å²) in [4.78, 5) is 11.8. The molecule has 0 aliphatic rings. The molecule has 122 valence electrons. The zero-order valence-corrected chi connectivity index (χ0v) is 11.3. The second kappa shape index (κ2) is 6.31. The van der Waals surface area contributed by atoms with E-state index >= 15 is 0 Å². The Morgan fingerprint density at radius 1 is 0.870 bits per heavy atom. The minimum absolute atomic E-state index is 0.413. The molecule has 2 nitrogen and oxygen atoms in total. The van der Waals surface area contributed by atoms with Crippen LogP contribution in [0.2, 0.25) is 0 Å². The minimum Gasteiger partial charge on any atom is -0.337 e. The summed E-state index contributed by atoms with van der Waals surface area (Å²) in [5.74, 6) is -4.25. The molecule has 1 N–H and O–H groups in total. The van der Waals surface area contributed by atoms with E-state index in [1.165, 1.54) is 0 Å². The number of rotatable bonds is 3. The molecule has 0 bridgehead atoms. The summed E-state index contributed by atoms with van der Waals surface area (Å²) in [5, 5.41) is 1.64. The molecule has 2 aromatic rings. The molecule has 0 aliphatic carbocycles. The quantitative estimate of drug-likeness (QED) is 0.841. The fraction of sp³-hybridized carbons (Fsp3) is 0.133. The van der Waals surface area contributed by atoms with Crippen molar-refractivity contribution >= 4 is 5.91 Å². The summed E-state index contributed by atoms with van der Waals surface area (Å²) in [6.07, 6.45) is -4.88. The molecule has 8 heteroatoms. The lowest BCUT2D eigenvalue weighted by atomic mass is 10.1. The summed E-state index contributed by atoms with van der Waals surface area (Å²) in [6.45, 7) is 0. The van der Waals surface area contributed by atoms with E-state index in [4.69, 9.17) is 0 Å². The fourth-order valence-corrected chi connectivity index (χ4v) is 1.91. The Labute approximate surface area is 126 Å². The zero-order chi connectivity index (χ0) is 17.2. The van der Waals surface area contributed by atoms with Gasteiger partial charge in [-0.25, -0.2) is 13.2 Å². The summed E-state index contributed by atoms with van der Waals surface area (Å²) in [5.41, 5.74) is -1.01. The molecule has 0 fully saturated rings. The van der Waals surface area contributed by atoms with Crippen molar-refractivity contribution in [3.05, 3.63) is 71.0 Å². The Morgan fingerprint density at radius 2 is 1.39 bits per heavy atom. The maximum Gasteiger partial charge on any atom is 0.412 e. The standard InChI is InChI=1S/C15H9F6NO/c16-10-3-1-8(2-4-10)13(15(19,20)21)22-14(23)9-5-11(17)7-12(18)6-9/h1-7,13H,(H,22,23). The number of benzene rings is 2. The first kappa shape index (κ1) is 16.9. The predicted octanol–water partition coefficient (Wildman–Crippen LogP) is 4.14. The lowest BCUT2D eigenvalue weighted by molar-refractivity contribution is -0.155. The highest BCUT2D eigenvalue weighted by molar-refractivity contribution is 5.94. The number of carbonyl (C=O) groups is 1. The first-order valence-electron chi connectivity index (χ1n) is 6.26. The average Bonchev–Trinajstić information content (AvgIpc) is 2.43. The number of carbonyl (C=O) groups excluding carboxylic acids is 1. The number of nitrogens with one attached hydrogen (secondary N) is 1. The van der Waals surface area contributed by atoms with Crippen molar-refractivity contribution in [2.24, 2.45) is 0 Å². The molecule has 0 heterocycles. The van der Waals surface area contributed by atoms with E-state index in [0.717, 1.165) is 24.3 Å². The second-order valence-corrected chi connectivity index (χ2v) is 4.66. The number of amides is 1. The van der Waals surface area contributed by atoms with Crippen LogP contribution in [0.5, 0.6) is 0 Å². The molecule has 0 radical (unpaired) electrons. The number of halogens is 6.